The third-order valence-electron chi connectivity index (χ3n) is 0.639. The van der Waals surface area contributed by atoms with E-state index in [-0.39, 0.29) is 6.10 Å². The average molecular weight is 145 g/mol. The van der Waals surface area contributed by atoms with Crippen molar-refractivity contribution in [1.82, 2.24) is 0 Å². The fourth-order valence-electron chi connectivity index (χ4n) is 0.411. The summed E-state index contributed by atoms with van der Waals surface area (Å²) in [5.74, 6) is -0.604. The van der Waals surface area contributed by atoms with Crippen molar-refractivity contribution in [2.24, 2.45) is 0 Å². The standard InChI is InChI=1S/C6H11NO3/c1-5(2)10-6(8)4-7(3)9/h4-5H,1-3H3/b7-4-. The van der Waals surface area contributed by atoms with Crippen LogP contribution in [0.15, 0.2) is 0 Å². The molecule has 0 amide bonds. The van der Waals surface area contributed by atoms with Gasteiger partial charge in [0.25, 0.3) is 6.21 Å². The zero-order valence-electron chi connectivity index (χ0n) is 6.33. The van der Waals surface area contributed by atoms with Crippen molar-refractivity contribution >= 4 is 12.2 Å². The van der Waals surface area contributed by atoms with Crippen LogP contribution >= 0.6 is 0 Å². The van der Waals surface area contributed by atoms with E-state index >= 15 is 0 Å². The van der Waals surface area contributed by atoms with E-state index in [0.29, 0.717) is 4.74 Å². The van der Waals surface area contributed by atoms with Gasteiger partial charge in [0, 0.05) is 0 Å². The van der Waals surface area contributed by atoms with Crippen LogP contribution in [0.5, 0.6) is 0 Å². The molecule has 0 aliphatic heterocycles. The highest BCUT2D eigenvalue weighted by Gasteiger charge is 2.03. The Morgan fingerprint density at radius 1 is 1.70 bits per heavy atom. The topological polar surface area (TPSA) is 52.4 Å². The van der Waals surface area contributed by atoms with Gasteiger partial charge in [0.15, 0.2) is 0 Å². The lowest BCUT2D eigenvalue weighted by molar-refractivity contribution is -0.417. The van der Waals surface area contributed by atoms with Gasteiger partial charge >= 0.3 is 5.97 Å². The van der Waals surface area contributed by atoms with E-state index in [1.807, 2.05) is 0 Å². The summed E-state index contributed by atoms with van der Waals surface area (Å²) < 4.78 is 5.03. The van der Waals surface area contributed by atoms with Crippen molar-refractivity contribution in [3.8, 4) is 0 Å². The molecule has 4 nitrogen and oxygen atoms in total. The molecule has 0 bridgehead atoms. The molecule has 0 radical (unpaired) electrons. The van der Waals surface area contributed by atoms with Gasteiger partial charge in [0.1, 0.15) is 7.05 Å². The summed E-state index contributed by atoms with van der Waals surface area (Å²) in [7, 11) is 1.22. The fourth-order valence-corrected chi connectivity index (χ4v) is 0.411. The molecule has 0 fully saturated rings. The maximum atomic E-state index is 10.5. The van der Waals surface area contributed by atoms with E-state index in [2.05, 4.69) is 4.74 Å². The van der Waals surface area contributed by atoms with Gasteiger partial charge in [-0.15, -0.1) is 0 Å². The lowest BCUT2D eigenvalue weighted by atomic mass is 10.5. The van der Waals surface area contributed by atoms with Gasteiger partial charge in [-0.2, -0.15) is 0 Å². The normalized spacial score (nSPS) is 11.8. The first-order valence-corrected chi connectivity index (χ1v) is 2.98. The van der Waals surface area contributed by atoms with Gasteiger partial charge in [-0.25, -0.2) is 9.53 Å². The molecule has 0 heterocycles. The Hall–Kier alpha value is -1.06. The van der Waals surface area contributed by atoms with E-state index in [9.17, 15) is 10.0 Å². The van der Waals surface area contributed by atoms with Gasteiger partial charge in [0.2, 0.25) is 0 Å². The summed E-state index contributed by atoms with van der Waals surface area (Å²) in [5, 5.41) is 10.2. The second kappa shape index (κ2) is 3.87. The van der Waals surface area contributed by atoms with Crippen molar-refractivity contribution in [2.75, 3.05) is 7.05 Å². The Morgan fingerprint density at radius 2 is 2.20 bits per heavy atom. The maximum absolute atomic E-state index is 10.5. The highest BCUT2D eigenvalue weighted by molar-refractivity contribution is 6.20. The predicted molar refractivity (Wildman–Crippen MR) is 36.8 cm³/mol. The van der Waals surface area contributed by atoms with Crippen molar-refractivity contribution in [3.05, 3.63) is 5.21 Å². The quantitative estimate of drug-likeness (QED) is 0.183. The molecule has 0 saturated heterocycles. The number of rotatable bonds is 2. The molecule has 0 spiro atoms. The van der Waals surface area contributed by atoms with Crippen molar-refractivity contribution in [2.45, 2.75) is 20.0 Å². The average Bonchev–Trinajstić information content (AvgIpc) is 1.58. The summed E-state index contributed by atoms with van der Waals surface area (Å²) in [6.07, 6.45) is 0.670. The Labute approximate surface area is 59.7 Å². The number of hydroxylamine groups is 1. The van der Waals surface area contributed by atoms with Crippen LogP contribution in [0, 0.1) is 5.21 Å². The molecule has 0 aromatic carbocycles. The minimum atomic E-state index is -0.604. The lowest BCUT2D eigenvalue weighted by Crippen LogP contribution is -2.16. The third-order valence-corrected chi connectivity index (χ3v) is 0.639. The summed E-state index contributed by atoms with van der Waals surface area (Å²) in [5.41, 5.74) is 0. The van der Waals surface area contributed by atoms with E-state index in [1.165, 1.54) is 7.05 Å². The molecule has 0 N–H and O–H groups in total. The Morgan fingerprint density at radius 3 is 2.50 bits per heavy atom. The van der Waals surface area contributed by atoms with Crippen LogP contribution in [-0.2, 0) is 9.53 Å². The smallest absolute Gasteiger partial charge is 0.396 e. The molecular weight excluding hydrogens is 134 g/mol. The molecule has 0 aliphatic carbocycles. The van der Waals surface area contributed by atoms with E-state index in [4.69, 9.17) is 0 Å². The number of nitrogens with zero attached hydrogens (tertiary/aromatic N) is 1. The number of ether oxygens (including phenoxy) is 1. The monoisotopic (exact) mass is 145 g/mol. The van der Waals surface area contributed by atoms with Gasteiger partial charge in [-0.3, -0.25) is 0 Å². The van der Waals surface area contributed by atoms with Crippen LogP contribution in [0.25, 0.3) is 0 Å². The van der Waals surface area contributed by atoms with Crippen LogP contribution in [0.3, 0.4) is 0 Å². The van der Waals surface area contributed by atoms with Crippen LogP contribution in [0.4, 0.5) is 0 Å². The first-order chi connectivity index (χ1) is 4.52. The second-order valence-electron chi connectivity index (χ2n) is 2.16. The lowest BCUT2D eigenvalue weighted by Gasteiger charge is -2.02. The summed E-state index contributed by atoms with van der Waals surface area (Å²) in [6, 6.07) is 0. The number of hydrogen-bond acceptors (Lipinski definition) is 3. The molecule has 0 rings (SSSR count). The summed E-state index contributed by atoms with van der Waals surface area (Å²) in [4.78, 5) is 10.5. The summed E-state index contributed by atoms with van der Waals surface area (Å²) in [6.45, 7) is 3.44. The second-order valence-corrected chi connectivity index (χ2v) is 2.16. The molecule has 0 saturated carbocycles. The molecule has 10 heavy (non-hydrogen) atoms. The summed E-state index contributed by atoms with van der Waals surface area (Å²) >= 11 is 0. The molecule has 0 unspecified atom stereocenters. The minimum absolute atomic E-state index is 0.177. The Kier molecular flexibility index (Phi) is 3.46. The number of hydrogen-bond donors (Lipinski definition) is 0. The molecule has 0 aliphatic rings. The minimum Gasteiger partial charge on any atom is -0.624 e. The predicted octanol–water partition coefficient (Wildman–Crippen LogP) is 0.149. The molecule has 4 heteroatoms. The number of carbonyl (C=O) groups excluding carboxylic acids is 1. The largest absolute Gasteiger partial charge is 0.624 e. The van der Waals surface area contributed by atoms with Gasteiger partial charge in [-0.05, 0) is 13.8 Å². The first kappa shape index (κ1) is 8.94. The molecule has 0 atom stereocenters. The Balaban J connectivity index is 3.76. The van der Waals surface area contributed by atoms with Gasteiger partial charge < -0.3 is 9.94 Å². The Bertz CT molecular complexity index is 147. The molecule has 58 valence electrons. The van der Waals surface area contributed by atoms with Crippen LogP contribution in [0.2, 0.25) is 0 Å². The van der Waals surface area contributed by atoms with Crippen molar-refractivity contribution in [3.63, 3.8) is 0 Å². The first-order valence-electron chi connectivity index (χ1n) is 2.98. The van der Waals surface area contributed by atoms with Crippen molar-refractivity contribution in [1.29, 1.82) is 0 Å². The molecule has 0 aromatic rings. The molecule has 0 aromatic heterocycles. The van der Waals surface area contributed by atoms with Crippen molar-refractivity contribution < 1.29 is 14.3 Å². The van der Waals surface area contributed by atoms with Crippen LogP contribution < -0.4 is 0 Å². The maximum Gasteiger partial charge on any atom is 0.396 e. The van der Waals surface area contributed by atoms with E-state index in [0.717, 1.165) is 6.21 Å². The highest BCUT2D eigenvalue weighted by atomic mass is 16.5. The number of esters is 1. The zero-order valence-corrected chi connectivity index (χ0v) is 6.33. The highest BCUT2D eigenvalue weighted by Crippen LogP contribution is 1.85. The van der Waals surface area contributed by atoms with Gasteiger partial charge in [0.05, 0.1) is 6.10 Å². The van der Waals surface area contributed by atoms with Crippen LogP contribution in [0.1, 0.15) is 13.8 Å². The third kappa shape index (κ3) is 5.08. The van der Waals surface area contributed by atoms with E-state index in [1.54, 1.807) is 13.8 Å². The number of carbonyl (C=O) groups is 1. The molecular formula is C6H11NO3. The van der Waals surface area contributed by atoms with Gasteiger partial charge in [-0.1, -0.05) is 0 Å². The fraction of sp³-hybridized carbons (Fsp3) is 0.667. The SMILES string of the molecule is CC(C)OC(=O)/C=[N+](/C)[O-]. The zero-order chi connectivity index (χ0) is 8.15. The van der Waals surface area contributed by atoms with E-state index < -0.39 is 5.97 Å². The van der Waals surface area contributed by atoms with Crippen LogP contribution in [-0.4, -0.2) is 30.1 Å².